The molecular formula is C15H16N2O3. The highest BCUT2D eigenvalue weighted by atomic mass is 16.7. The average molecular weight is 272 g/mol. The lowest BCUT2D eigenvalue weighted by Crippen LogP contribution is -2.28. The van der Waals surface area contributed by atoms with Gasteiger partial charge in [-0.3, -0.25) is 9.63 Å². The predicted octanol–water partition coefficient (Wildman–Crippen LogP) is 2.46. The zero-order valence-electron chi connectivity index (χ0n) is 11.2. The van der Waals surface area contributed by atoms with Gasteiger partial charge in [0.05, 0.1) is 18.7 Å². The number of anilines is 1. The highest BCUT2D eigenvalue weighted by molar-refractivity contribution is 5.93. The molecule has 2 aliphatic rings. The molecule has 0 N–H and O–H groups in total. The van der Waals surface area contributed by atoms with E-state index in [9.17, 15) is 9.59 Å². The van der Waals surface area contributed by atoms with Crippen LogP contribution in [-0.4, -0.2) is 18.6 Å². The second-order valence-electron chi connectivity index (χ2n) is 5.23. The van der Waals surface area contributed by atoms with Gasteiger partial charge in [-0.15, -0.1) is 0 Å². The summed E-state index contributed by atoms with van der Waals surface area (Å²) in [7, 11) is 0. The first-order valence-corrected chi connectivity index (χ1v) is 6.91. The van der Waals surface area contributed by atoms with E-state index in [1.54, 1.807) is 6.08 Å². The fourth-order valence-electron chi connectivity index (χ4n) is 3.13. The van der Waals surface area contributed by atoms with E-state index in [4.69, 9.17) is 4.84 Å². The quantitative estimate of drug-likeness (QED) is 0.627. The van der Waals surface area contributed by atoms with Crippen LogP contribution in [0.2, 0.25) is 0 Å². The number of hydroxylamine groups is 1. The van der Waals surface area contributed by atoms with Crippen LogP contribution in [0.3, 0.4) is 0 Å². The molecule has 0 aromatic heterocycles. The summed E-state index contributed by atoms with van der Waals surface area (Å²) < 4.78 is 0. The molecule has 2 fully saturated rings. The monoisotopic (exact) mass is 272 g/mol. The molecule has 1 aromatic rings. The van der Waals surface area contributed by atoms with Crippen molar-refractivity contribution in [2.45, 2.75) is 37.6 Å². The van der Waals surface area contributed by atoms with E-state index >= 15 is 0 Å². The van der Waals surface area contributed by atoms with Gasteiger partial charge in [0.15, 0.2) is 0 Å². The Morgan fingerprint density at radius 1 is 1.25 bits per heavy atom. The third-order valence-electron chi connectivity index (χ3n) is 4.08. The Bertz CT molecular complexity index is 572. The number of benzene rings is 1. The topological polar surface area (TPSA) is 59.0 Å². The molecule has 5 heteroatoms. The van der Waals surface area contributed by atoms with Gasteiger partial charge in [-0.2, -0.15) is 10.1 Å². The Balaban J connectivity index is 2.09. The van der Waals surface area contributed by atoms with Crippen LogP contribution in [0.1, 0.15) is 37.7 Å². The third kappa shape index (κ3) is 2.05. The van der Waals surface area contributed by atoms with Crippen molar-refractivity contribution in [3.05, 3.63) is 29.8 Å². The minimum absolute atomic E-state index is 0.0549. The van der Waals surface area contributed by atoms with Crippen molar-refractivity contribution in [2.24, 2.45) is 4.99 Å². The van der Waals surface area contributed by atoms with Gasteiger partial charge in [-0.1, -0.05) is 31.0 Å². The van der Waals surface area contributed by atoms with E-state index in [0.29, 0.717) is 18.7 Å². The van der Waals surface area contributed by atoms with E-state index in [-0.39, 0.29) is 5.91 Å². The molecule has 3 rings (SSSR count). The highest BCUT2D eigenvalue weighted by Gasteiger charge is 2.39. The molecule has 0 radical (unpaired) electrons. The normalized spacial score (nSPS) is 21.0. The predicted molar refractivity (Wildman–Crippen MR) is 72.8 cm³/mol. The number of amides is 1. The second-order valence-corrected chi connectivity index (χ2v) is 5.23. The summed E-state index contributed by atoms with van der Waals surface area (Å²) in [5.41, 5.74) is 1.04. The molecule has 1 aromatic carbocycles. The van der Waals surface area contributed by atoms with E-state index in [2.05, 4.69) is 4.99 Å². The second kappa shape index (κ2) is 5.19. The molecule has 0 atom stereocenters. The smallest absolute Gasteiger partial charge is 0.253 e. The van der Waals surface area contributed by atoms with Crippen molar-refractivity contribution in [1.82, 2.24) is 0 Å². The van der Waals surface area contributed by atoms with E-state index < -0.39 is 5.54 Å². The standard InChI is InChI=1S/C15H16N2O3/c18-11-16-15(8-3-4-9-15)12-5-1-2-6-13(12)17-14(19)7-10-20-17/h1-2,5-6H,3-4,7-10H2. The van der Waals surface area contributed by atoms with Gasteiger partial charge in [0, 0.05) is 5.56 Å². The molecule has 20 heavy (non-hydrogen) atoms. The highest BCUT2D eigenvalue weighted by Crippen LogP contribution is 2.46. The Morgan fingerprint density at radius 3 is 2.65 bits per heavy atom. The summed E-state index contributed by atoms with van der Waals surface area (Å²) in [4.78, 5) is 32.2. The zero-order chi connectivity index (χ0) is 14.0. The number of aliphatic imine (C=N–C) groups is 1. The lowest BCUT2D eigenvalue weighted by Gasteiger charge is -2.28. The lowest BCUT2D eigenvalue weighted by atomic mass is 9.87. The maximum atomic E-state index is 11.9. The molecule has 1 saturated carbocycles. The molecule has 1 amide bonds. The van der Waals surface area contributed by atoms with Gasteiger partial charge >= 0.3 is 0 Å². The lowest BCUT2D eigenvalue weighted by molar-refractivity contribution is -0.119. The Kier molecular flexibility index (Phi) is 3.38. The fraction of sp³-hybridized carbons (Fsp3) is 0.467. The number of carbonyl (C=O) groups is 1. The van der Waals surface area contributed by atoms with Crippen LogP contribution in [0.5, 0.6) is 0 Å². The number of isocyanates is 1. The largest absolute Gasteiger partial charge is 0.272 e. The van der Waals surface area contributed by atoms with E-state index in [1.165, 1.54) is 5.06 Å². The van der Waals surface area contributed by atoms with Gasteiger partial charge in [0.25, 0.3) is 5.91 Å². The van der Waals surface area contributed by atoms with Crippen LogP contribution in [0.25, 0.3) is 0 Å². The Labute approximate surface area is 117 Å². The van der Waals surface area contributed by atoms with Crippen molar-refractivity contribution >= 4 is 17.7 Å². The first-order chi connectivity index (χ1) is 9.77. The molecule has 1 heterocycles. The maximum absolute atomic E-state index is 11.9. The average Bonchev–Trinajstić information content (AvgIpc) is 3.09. The molecule has 5 nitrogen and oxygen atoms in total. The van der Waals surface area contributed by atoms with E-state index in [1.807, 2.05) is 24.3 Å². The van der Waals surface area contributed by atoms with Crippen LogP contribution < -0.4 is 5.06 Å². The van der Waals surface area contributed by atoms with Crippen LogP contribution in [0, 0.1) is 0 Å². The number of nitrogens with zero attached hydrogens (tertiary/aromatic N) is 2. The number of rotatable bonds is 3. The van der Waals surface area contributed by atoms with Crippen molar-refractivity contribution in [2.75, 3.05) is 11.7 Å². The molecule has 1 saturated heterocycles. The molecule has 104 valence electrons. The van der Waals surface area contributed by atoms with Crippen molar-refractivity contribution in [3.63, 3.8) is 0 Å². The minimum atomic E-state index is -0.551. The first-order valence-electron chi connectivity index (χ1n) is 6.91. The van der Waals surface area contributed by atoms with Gasteiger partial charge in [-0.05, 0) is 18.9 Å². The summed E-state index contributed by atoms with van der Waals surface area (Å²) in [6.45, 7) is 0.400. The SMILES string of the molecule is O=C=NC1(c2ccccc2N2OCCC2=O)CCCC1. The molecule has 0 unspecified atom stereocenters. The van der Waals surface area contributed by atoms with Crippen LogP contribution in [0.4, 0.5) is 5.69 Å². The Morgan fingerprint density at radius 2 is 2.00 bits per heavy atom. The summed E-state index contributed by atoms with van der Waals surface area (Å²) >= 11 is 0. The van der Waals surface area contributed by atoms with E-state index in [0.717, 1.165) is 31.2 Å². The third-order valence-corrected chi connectivity index (χ3v) is 4.08. The fourth-order valence-corrected chi connectivity index (χ4v) is 3.13. The van der Waals surface area contributed by atoms with Crippen LogP contribution >= 0.6 is 0 Å². The Hall–Kier alpha value is -1.97. The van der Waals surface area contributed by atoms with Crippen molar-refractivity contribution in [1.29, 1.82) is 0 Å². The summed E-state index contributed by atoms with van der Waals surface area (Å²) in [6, 6.07) is 7.54. The van der Waals surface area contributed by atoms with Gasteiger partial charge in [-0.25, -0.2) is 4.79 Å². The molecule has 1 aliphatic carbocycles. The minimum Gasteiger partial charge on any atom is -0.272 e. The maximum Gasteiger partial charge on any atom is 0.253 e. The number of carbonyl (C=O) groups excluding carboxylic acids is 2. The molecule has 1 aliphatic heterocycles. The summed E-state index contributed by atoms with van der Waals surface area (Å²) in [5, 5.41) is 1.34. The van der Waals surface area contributed by atoms with Crippen LogP contribution in [0.15, 0.2) is 29.3 Å². The van der Waals surface area contributed by atoms with Gasteiger partial charge in [0.2, 0.25) is 6.08 Å². The number of para-hydroxylation sites is 1. The number of hydrogen-bond donors (Lipinski definition) is 0. The molecule has 0 bridgehead atoms. The van der Waals surface area contributed by atoms with Crippen molar-refractivity contribution < 1.29 is 14.4 Å². The zero-order valence-corrected chi connectivity index (χ0v) is 11.2. The van der Waals surface area contributed by atoms with Gasteiger partial charge < -0.3 is 0 Å². The molecular weight excluding hydrogens is 256 g/mol. The van der Waals surface area contributed by atoms with Gasteiger partial charge in [0.1, 0.15) is 5.54 Å². The first kappa shape index (κ1) is 13.0. The van der Waals surface area contributed by atoms with Crippen LogP contribution in [-0.2, 0) is 20.0 Å². The summed E-state index contributed by atoms with van der Waals surface area (Å²) in [6.07, 6.45) is 5.75. The van der Waals surface area contributed by atoms with Crippen molar-refractivity contribution in [3.8, 4) is 0 Å². The molecule has 0 spiro atoms. The summed E-state index contributed by atoms with van der Waals surface area (Å²) in [5.74, 6) is -0.0549. The number of hydrogen-bond acceptors (Lipinski definition) is 4.